The van der Waals surface area contributed by atoms with E-state index in [0.29, 0.717) is 6.04 Å². The first-order valence-electron chi connectivity index (χ1n) is 7.12. The Balaban J connectivity index is 1.59. The average molecular weight is 240 g/mol. The van der Waals surface area contributed by atoms with E-state index in [9.17, 15) is 0 Å². The Morgan fingerprint density at radius 3 is 2.44 bits per heavy atom. The van der Waals surface area contributed by atoms with Gasteiger partial charge in [0.2, 0.25) is 0 Å². The Hall–Kier alpha value is -1.49. The average Bonchev–Trinajstić information content (AvgIpc) is 3.24. The van der Waals surface area contributed by atoms with Gasteiger partial charge in [-0.15, -0.1) is 0 Å². The summed E-state index contributed by atoms with van der Waals surface area (Å²) in [6.45, 7) is 0. The highest BCUT2D eigenvalue weighted by Crippen LogP contribution is 2.44. The van der Waals surface area contributed by atoms with Gasteiger partial charge in [0.05, 0.1) is 11.6 Å². The van der Waals surface area contributed by atoms with Crippen LogP contribution in [0.4, 0.5) is 5.69 Å². The molecule has 0 spiro atoms. The summed E-state index contributed by atoms with van der Waals surface area (Å²) in [5.74, 6) is 2.00. The summed E-state index contributed by atoms with van der Waals surface area (Å²) in [5.41, 5.74) is 1.90. The van der Waals surface area contributed by atoms with Crippen LogP contribution in [0.1, 0.15) is 44.1 Å². The van der Waals surface area contributed by atoms with Crippen molar-refractivity contribution in [3.05, 3.63) is 29.8 Å². The van der Waals surface area contributed by atoms with Crippen molar-refractivity contribution < 1.29 is 0 Å². The molecule has 0 aromatic heterocycles. The van der Waals surface area contributed by atoms with E-state index >= 15 is 0 Å². The van der Waals surface area contributed by atoms with Gasteiger partial charge in [0.1, 0.15) is 0 Å². The van der Waals surface area contributed by atoms with E-state index in [0.717, 1.165) is 23.1 Å². The van der Waals surface area contributed by atoms with Crippen LogP contribution in [-0.2, 0) is 0 Å². The normalized spacial score (nSPS) is 27.5. The van der Waals surface area contributed by atoms with E-state index in [1.165, 1.54) is 38.5 Å². The van der Waals surface area contributed by atoms with Gasteiger partial charge in [0, 0.05) is 11.7 Å². The fourth-order valence-electron chi connectivity index (χ4n) is 3.23. The van der Waals surface area contributed by atoms with Gasteiger partial charge in [-0.3, -0.25) is 0 Å². The van der Waals surface area contributed by atoms with Gasteiger partial charge in [-0.05, 0) is 61.8 Å². The number of benzene rings is 1. The fourth-order valence-corrected chi connectivity index (χ4v) is 3.23. The number of nitriles is 1. The molecule has 1 aromatic carbocycles. The lowest BCUT2D eigenvalue weighted by Gasteiger charge is -2.30. The molecule has 0 radical (unpaired) electrons. The molecule has 2 heteroatoms. The van der Waals surface area contributed by atoms with Gasteiger partial charge in [-0.2, -0.15) is 5.26 Å². The standard InChI is InChI=1S/C16H20N2/c17-11-12-4-8-15(9-5-12)18-16-3-1-2-14(10-16)13-6-7-13/h4-5,8-9,13-14,16,18H,1-3,6-7,10H2. The molecule has 2 aliphatic rings. The van der Waals surface area contributed by atoms with E-state index in [1.54, 1.807) is 0 Å². The van der Waals surface area contributed by atoms with Crippen molar-refractivity contribution in [1.82, 2.24) is 0 Å². The topological polar surface area (TPSA) is 35.8 Å². The Bertz CT molecular complexity index is 439. The lowest BCUT2D eigenvalue weighted by molar-refractivity contribution is 0.303. The van der Waals surface area contributed by atoms with Crippen LogP contribution in [0.5, 0.6) is 0 Å². The van der Waals surface area contributed by atoms with Gasteiger partial charge < -0.3 is 5.32 Å². The lowest BCUT2D eigenvalue weighted by Crippen LogP contribution is -2.28. The van der Waals surface area contributed by atoms with E-state index in [1.807, 2.05) is 24.3 Å². The van der Waals surface area contributed by atoms with Crippen LogP contribution in [0.25, 0.3) is 0 Å². The third-order valence-corrected chi connectivity index (χ3v) is 4.39. The first-order chi connectivity index (χ1) is 8.85. The molecule has 0 bridgehead atoms. The third-order valence-electron chi connectivity index (χ3n) is 4.39. The Kier molecular flexibility index (Phi) is 3.23. The third kappa shape index (κ3) is 2.67. The zero-order valence-electron chi connectivity index (χ0n) is 10.7. The van der Waals surface area contributed by atoms with Crippen LogP contribution in [0.3, 0.4) is 0 Å². The molecule has 2 atom stereocenters. The number of hydrogen-bond acceptors (Lipinski definition) is 2. The minimum Gasteiger partial charge on any atom is -0.382 e. The maximum atomic E-state index is 8.78. The number of anilines is 1. The summed E-state index contributed by atoms with van der Waals surface area (Å²) in [5, 5.41) is 12.4. The first-order valence-corrected chi connectivity index (χ1v) is 7.12. The minimum atomic E-state index is 0.636. The van der Waals surface area contributed by atoms with Crippen molar-refractivity contribution in [2.75, 3.05) is 5.32 Å². The molecule has 2 unspecified atom stereocenters. The van der Waals surface area contributed by atoms with Gasteiger partial charge >= 0.3 is 0 Å². The first kappa shape index (κ1) is 11.6. The molecular formula is C16H20N2. The van der Waals surface area contributed by atoms with Crippen molar-refractivity contribution in [3.8, 4) is 6.07 Å². The Labute approximate surface area is 109 Å². The van der Waals surface area contributed by atoms with E-state index in [-0.39, 0.29) is 0 Å². The van der Waals surface area contributed by atoms with E-state index < -0.39 is 0 Å². The number of nitrogens with zero attached hydrogens (tertiary/aromatic N) is 1. The molecule has 0 aliphatic heterocycles. The molecule has 0 amide bonds. The molecule has 2 fully saturated rings. The number of rotatable bonds is 3. The van der Waals surface area contributed by atoms with Crippen molar-refractivity contribution in [3.63, 3.8) is 0 Å². The fraction of sp³-hybridized carbons (Fsp3) is 0.562. The zero-order valence-corrected chi connectivity index (χ0v) is 10.7. The molecule has 0 heterocycles. The second kappa shape index (κ2) is 5.02. The van der Waals surface area contributed by atoms with Crippen LogP contribution in [0.2, 0.25) is 0 Å². The van der Waals surface area contributed by atoms with Gasteiger partial charge in [-0.25, -0.2) is 0 Å². The summed E-state index contributed by atoms with van der Waals surface area (Å²) in [7, 11) is 0. The highest BCUT2D eigenvalue weighted by molar-refractivity contribution is 5.47. The summed E-state index contributed by atoms with van der Waals surface area (Å²) in [6.07, 6.45) is 8.38. The van der Waals surface area contributed by atoms with E-state index in [4.69, 9.17) is 5.26 Å². The number of hydrogen-bond donors (Lipinski definition) is 1. The lowest BCUT2D eigenvalue weighted by atomic mass is 9.82. The van der Waals surface area contributed by atoms with E-state index in [2.05, 4.69) is 11.4 Å². The predicted octanol–water partition coefficient (Wildman–Crippen LogP) is 3.94. The maximum absolute atomic E-state index is 8.78. The van der Waals surface area contributed by atoms with Crippen LogP contribution < -0.4 is 5.32 Å². The molecule has 2 nitrogen and oxygen atoms in total. The SMILES string of the molecule is N#Cc1ccc(NC2CCCC(C3CC3)C2)cc1. The van der Waals surface area contributed by atoms with Crippen LogP contribution in [-0.4, -0.2) is 6.04 Å². The molecule has 1 N–H and O–H groups in total. The predicted molar refractivity (Wildman–Crippen MR) is 73.2 cm³/mol. The Morgan fingerprint density at radius 1 is 1.00 bits per heavy atom. The Morgan fingerprint density at radius 2 is 1.78 bits per heavy atom. The van der Waals surface area contributed by atoms with Crippen molar-refractivity contribution in [2.24, 2.45) is 11.8 Å². The molecule has 0 saturated heterocycles. The number of nitrogens with one attached hydrogen (secondary N) is 1. The molecule has 18 heavy (non-hydrogen) atoms. The zero-order chi connectivity index (χ0) is 12.4. The monoisotopic (exact) mass is 240 g/mol. The molecule has 2 aliphatic carbocycles. The molecule has 94 valence electrons. The summed E-state index contributed by atoms with van der Waals surface area (Å²) in [6, 6.07) is 10.6. The van der Waals surface area contributed by atoms with Crippen LogP contribution in [0.15, 0.2) is 24.3 Å². The highest BCUT2D eigenvalue weighted by Gasteiger charge is 2.34. The molecule has 2 saturated carbocycles. The smallest absolute Gasteiger partial charge is 0.0991 e. The quantitative estimate of drug-likeness (QED) is 0.868. The van der Waals surface area contributed by atoms with Gasteiger partial charge in [0.25, 0.3) is 0 Å². The molecule has 3 rings (SSSR count). The minimum absolute atomic E-state index is 0.636. The summed E-state index contributed by atoms with van der Waals surface area (Å²) < 4.78 is 0. The molecule has 1 aromatic rings. The largest absolute Gasteiger partial charge is 0.382 e. The summed E-state index contributed by atoms with van der Waals surface area (Å²) >= 11 is 0. The van der Waals surface area contributed by atoms with Crippen molar-refractivity contribution in [2.45, 2.75) is 44.6 Å². The van der Waals surface area contributed by atoms with Crippen LogP contribution in [0, 0.1) is 23.2 Å². The van der Waals surface area contributed by atoms with Crippen molar-refractivity contribution in [1.29, 1.82) is 5.26 Å². The van der Waals surface area contributed by atoms with Crippen LogP contribution >= 0.6 is 0 Å². The van der Waals surface area contributed by atoms with Gasteiger partial charge in [0.15, 0.2) is 0 Å². The molecular weight excluding hydrogens is 220 g/mol. The maximum Gasteiger partial charge on any atom is 0.0991 e. The highest BCUT2D eigenvalue weighted by atomic mass is 14.9. The second-order valence-electron chi connectivity index (χ2n) is 5.79. The summed E-state index contributed by atoms with van der Waals surface area (Å²) in [4.78, 5) is 0. The van der Waals surface area contributed by atoms with Gasteiger partial charge in [-0.1, -0.05) is 12.8 Å². The second-order valence-corrected chi connectivity index (χ2v) is 5.79. The van der Waals surface area contributed by atoms with Crippen molar-refractivity contribution >= 4 is 5.69 Å².